The molecule has 0 spiro atoms. The van der Waals surface area contributed by atoms with Gasteiger partial charge in [0.15, 0.2) is 6.61 Å². The molecule has 1 aliphatic rings. The number of halogens is 3. The van der Waals surface area contributed by atoms with E-state index in [2.05, 4.69) is 0 Å². The van der Waals surface area contributed by atoms with Crippen molar-refractivity contribution in [1.29, 1.82) is 0 Å². The van der Waals surface area contributed by atoms with Crippen LogP contribution in [0.2, 0.25) is 0 Å². The molecule has 0 aromatic heterocycles. The molecule has 182 valence electrons. The minimum absolute atomic E-state index is 0.0124. The van der Waals surface area contributed by atoms with E-state index >= 15 is 0 Å². The van der Waals surface area contributed by atoms with Gasteiger partial charge in [0.05, 0.1) is 4.92 Å². The molecule has 0 atom stereocenters. The summed E-state index contributed by atoms with van der Waals surface area (Å²) in [5.74, 6) is -1.35. The molecule has 1 saturated heterocycles. The van der Waals surface area contributed by atoms with Gasteiger partial charge in [-0.05, 0) is 17.7 Å². The Morgan fingerprint density at radius 2 is 1.74 bits per heavy atom. The number of piperazine rings is 1. The van der Waals surface area contributed by atoms with Crippen LogP contribution in [-0.4, -0.2) is 61.2 Å². The van der Waals surface area contributed by atoms with Crippen LogP contribution in [0.4, 0.5) is 18.9 Å². The van der Waals surface area contributed by atoms with Gasteiger partial charge in [0.25, 0.3) is 11.6 Å². The number of carbonyl (C=O) groups excluding carboxylic acids is 1. The number of hydrogen-bond acceptors (Lipinski definition) is 6. The predicted octanol–water partition coefficient (Wildman–Crippen LogP) is 3.14. The number of alkyl halides is 3. The Morgan fingerprint density at radius 3 is 2.32 bits per heavy atom. The Bertz CT molecular complexity index is 1180. The maximum Gasteiger partial charge on any atom is 0.420 e. The molecule has 0 bridgehead atoms. The van der Waals surface area contributed by atoms with Gasteiger partial charge in [-0.3, -0.25) is 14.9 Å². The predicted molar refractivity (Wildman–Crippen MR) is 116 cm³/mol. The topological polar surface area (TPSA) is 110 Å². The fourth-order valence-corrected chi connectivity index (χ4v) is 4.39. The normalized spacial score (nSPS) is 15.4. The highest BCUT2D eigenvalue weighted by molar-refractivity contribution is 7.92. The zero-order valence-electron chi connectivity index (χ0n) is 17.6. The van der Waals surface area contributed by atoms with E-state index in [0.29, 0.717) is 11.6 Å². The Kier molecular flexibility index (Phi) is 7.57. The summed E-state index contributed by atoms with van der Waals surface area (Å²) < 4.78 is 70.9. The van der Waals surface area contributed by atoms with Crippen molar-refractivity contribution < 1.29 is 36.0 Å². The molecule has 34 heavy (non-hydrogen) atoms. The molecule has 0 saturated carbocycles. The van der Waals surface area contributed by atoms with E-state index in [1.165, 1.54) is 15.3 Å². The number of rotatable bonds is 7. The number of nitro benzene ring substituents is 1. The van der Waals surface area contributed by atoms with Gasteiger partial charge in [-0.2, -0.15) is 17.5 Å². The highest BCUT2D eigenvalue weighted by Gasteiger charge is 2.36. The van der Waals surface area contributed by atoms with E-state index in [1.54, 1.807) is 30.3 Å². The number of amides is 1. The summed E-state index contributed by atoms with van der Waals surface area (Å²) in [5.41, 5.74) is -1.42. The van der Waals surface area contributed by atoms with Crippen molar-refractivity contribution in [2.45, 2.75) is 6.18 Å². The third-order valence-electron chi connectivity index (χ3n) is 5.01. The second-order valence-electron chi connectivity index (χ2n) is 7.26. The Morgan fingerprint density at radius 1 is 1.09 bits per heavy atom. The molecular weight excluding hydrogens is 479 g/mol. The van der Waals surface area contributed by atoms with Crippen molar-refractivity contribution in [2.24, 2.45) is 0 Å². The molecule has 0 N–H and O–H groups in total. The lowest BCUT2D eigenvalue weighted by molar-refractivity contribution is -0.385. The molecule has 1 amide bonds. The van der Waals surface area contributed by atoms with E-state index in [-0.39, 0.29) is 26.2 Å². The van der Waals surface area contributed by atoms with Gasteiger partial charge in [-0.15, -0.1) is 0 Å². The third kappa shape index (κ3) is 6.32. The number of nitro groups is 1. The molecule has 2 aromatic rings. The standard InChI is InChI=1S/C21H20F3N3O6S/c22-21(23,24)18-14-17(27(29)30)6-7-19(18)33-15-20(28)25-9-11-26(12-10-25)34(31,32)13-8-16-4-2-1-3-5-16/h1-8,13-14H,9-12,15H2/b13-8+. The van der Waals surface area contributed by atoms with Gasteiger partial charge in [-0.25, -0.2) is 8.42 Å². The summed E-state index contributed by atoms with van der Waals surface area (Å²) in [6.45, 7) is -0.640. The molecule has 2 aromatic carbocycles. The number of hydrogen-bond donors (Lipinski definition) is 0. The van der Waals surface area contributed by atoms with Crippen LogP contribution in [0, 0.1) is 10.1 Å². The van der Waals surface area contributed by atoms with Crippen LogP contribution in [0.25, 0.3) is 6.08 Å². The van der Waals surface area contributed by atoms with Crippen molar-refractivity contribution in [2.75, 3.05) is 32.8 Å². The van der Waals surface area contributed by atoms with E-state index < -0.39 is 50.6 Å². The van der Waals surface area contributed by atoms with Crippen molar-refractivity contribution >= 4 is 27.7 Å². The van der Waals surface area contributed by atoms with E-state index in [9.17, 15) is 36.5 Å². The summed E-state index contributed by atoms with van der Waals surface area (Å²) in [6, 6.07) is 10.8. The van der Waals surface area contributed by atoms with Gasteiger partial charge in [-0.1, -0.05) is 30.3 Å². The van der Waals surface area contributed by atoms with Crippen LogP contribution in [0.15, 0.2) is 53.9 Å². The molecule has 0 unspecified atom stereocenters. The highest BCUT2D eigenvalue weighted by atomic mass is 32.2. The first-order valence-corrected chi connectivity index (χ1v) is 11.5. The second kappa shape index (κ2) is 10.2. The van der Waals surface area contributed by atoms with Gasteiger partial charge in [0, 0.05) is 43.7 Å². The number of benzene rings is 2. The molecule has 0 radical (unpaired) electrons. The van der Waals surface area contributed by atoms with Crippen LogP contribution in [0.5, 0.6) is 5.75 Å². The lowest BCUT2D eigenvalue weighted by atomic mass is 10.1. The smallest absolute Gasteiger partial charge is 0.420 e. The van der Waals surface area contributed by atoms with Crippen LogP contribution in [-0.2, 0) is 21.0 Å². The van der Waals surface area contributed by atoms with Crippen LogP contribution < -0.4 is 4.74 Å². The monoisotopic (exact) mass is 499 g/mol. The summed E-state index contributed by atoms with van der Waals surface area (Å²) in [4.78, 5) is 23.5. The summed E-state index contributed by atoms with van der Waals surface area (Å²) >= 11 is 0. The van der Waals surface area contributed by atoms with Crippen molar-refractivity contribution in [1.82, 2.24) is 9.21 Å². The average molecular weight is 499 g/mol. The Balaban J connectivity index is 1.58. The molecule has 1 heterocycles. The average Bonchev–Trinajstić information content (AvgIpc) is 2.81. The molecule has 1 aliphatic heterocycles. The van der Waals surface area contributed by atoms with Gasteiger partial charge < -0.3 is 9.64 Å². The fraction of sp³-hybridized carbons (Fsp3) is 0.286. The minimum atomic E-state index is -4.92. The first kappa shape index (κ1) is 25.2. The van der Waals surface area contributed by atoms with Crippen LogP contribution in [0.1, 0.15) is 11.1 Å². The van der Waals surface area contributed by atoms with E-state index in [0.717, 1.165) is 17.5 Å². The lowest BCUT2D eigenvalue weighted by Crippen LogP contribution is -2.51. The zero-order valence-corrected chi connectivity index (χ0v) is 18.5. The molecule has 1 fully saturated rings. The van der Waals surface area contributed by atoms with E-state index in [4.69, 9.17) is 4.74 Å². The largest absolute Gasteiger partial charge is 0.483 e. The quantitative estimate of drug-likeness (QED) is 0.428. The molecule has 9 nitrogen and oxygen atoms in total. The van der Waals surface area contributed by atoms with Gasteiger partial charge in [0.1, 0.15) is 11.3 Å². The van der Waals surface area contributed by atoms with Crippen LogP contribution >= 0.6 is 0 Å². The number of nitrogens with zero attached hydrogens (tertiary/aromatic N) is 3. The van der Waals surface area contributed by atoms with Gasteiger partial charge in [0.2, 0.25) is 10.0 Å². The summed E-state index contributed by atoms with van der Waals surface area (Å²) in [6.07, 6.45) is -3.46. The number of carbonyl (C=O) groups is 1. The zero-order chi connectivity index (χ0) is 24.9. The molecule has 0 aliphatic carbocycles. The first-order chi connectivity index (χ1) is 16.0. The lowest BCUT2D eigenvalue weighted by Gasteiger charge is -2.33. The summed E-state index contributed by atoms with van der Waals surface area (Å²) in [7, 11) is -3.72. The Labute approximate surface area is 193 Å². The first-order valence-electron chi connectivity index (χ1n) is 9.97. The van der Waals surface area contributed by atoms with Crippen molar-refractivity contribution in [3.8, 4) is 5.75 Å². The SMILES string of the molecule is O=C(COc1ccc([N+](=O)[O-])cc1C(F)(F)F)N1CCN(S(=O)(=O)/C=C/c2ccccc2)CC1. The summed E-state index contributed by atoms with van der Waals surface area (Å²) in [5, 5.41) is 11.8. The number of sulfonamides is 1. The second-order valence-corrected chi connectivity index (χ2v) is 9.08. The number of ether oxygens (including phenoxy) is 1. The van der Waals surface area contributed by atoms with E-state index in [1.807, 2.05) is 0 Å². The van der Waals surface area contributed by atoms with Crippen molar-refractivity contribution in [3.63, 3.8) is 0 Å². The Hall–Kier alpha value is -3.45. The fourth-order valence-electron chi connectivity index (χ4n) is 3.22. The third-order valence-corrected chi connectivity index (χ3v) is 6.58. The maximum atomic E-state index is 13.2. The van der Waals surface area contributed by atoms with Crippen molar-refractivity contribution in [3.05, 3.63) is 75.2 Å². The maximum absolute atomic E-state index is 13.2. The number of non-ortho nitro benzene ring substituents is 1. The minimum Gasteiger partial charge on any atom is -0.483 e. The van der Waals surface area contributed by atoms with Gasteiger partial charge >= 0.3 is 6.18 Å². The molecule has 3 rings (SSSR count). The molecular formula is C21H20F3N3O6S. The van der Waals surface area contributed by atoms with Crippen LogP contribution in [0.3, 0.4) is 0 Å². The molecule has 13 heteroatoms. The highest BCUT2D eigenvalue weighted by Crippen LogP contribution is 2.38.